The standard InChI is InChI=1S/C22H19Cl2NO2/c1-22(27,14-25-21(26)17-9-12-19(23)20(24)13-17)18-10-7-16(8-11-18)15-5-3-2-4-6-15/h2-13,27H,14H2,1H3,(H,25,26). The van der Waals surface area contributed by atoms with E-state index in [0.717, 1.165) is 16.7 Å². The Balaban J connectivity index is 1.69. The van der Waals surface area contributed by atoms with Crippen molar-refractivity contribution in [3.8, 4) is 11.1 Å². The molecule has 0 heterocycles. The zero-order valence-electron chi connectivity index (χ0n) is 14.7. The zero-order valence-corrected chi connectivity index (χ0v) is 16.3. The first-order valence-corrected chi connectivity index (χ1v) is 9.24. The molecule has 1 atom stereocenters. The summed E-state index contributed by atoms with van der Waals surface area (Å²) in [7, 11) is 0. The van der Waals surface area contributed by atoms with E-state index in [9.17, 15) is 9.90 Å². The number of nitrogens with one attached hydrogen (secondary N) is 1. The highest BCUT2D eigenvalue weighted by molar-refractivity contribution is 6.42. The average molecular weight is 400 g/mol. The molecular weight excluding hydrogens is 381 g/mol. The molecule has 1 unspecified atom stereocenters. The summed E-state index contributed by atoms with van der Waals surface area (Å²) in [5.74, 6) is -0.324. The summed E-state index contributed by atoms with van der Waals surface area (Å²) in [4.78, 5) is 12.3. The molecular formula is C22H19Cl2NO2. The van der Waals surface area contributed by atoms with Gasteiger partial charge in [-0.1, -0.05) is 77.8 Å². The lowest BCUT2D eigenvalue weighted by molar-refractivity contribution is 0.0526. The highest BCUT2D eigenvalue weighted by Crippen LogP contribution is 2.25. The van der Waals surface area contributed by atoms with Crippen molar-refractivity contribution in [3.63, 3.8) is 0 Å². The number of halogens is 2. The summed E-state index contributed by atoms with van der Waals surface area (Å²) < 4.78 is 0. The number of carbonyl (C=O) groups is 1. The summed E-state index contributed by atoms with van der Waals surface area (Å²) in [5.41, 5.74) is 2.07. The minimum atomic E-state index is -1.21. The SMILES string of the molecule is CC(O)(CNC(=O)c1ccc(Cl)c(Cl)c1)c1ccc(-c2ccccc2)cc1. The number of hydrogen-bond acceptors (Lipinski definition) is 2. The number of benzene rings is 3. The van der Waals surface area contributed by atoms with Crippen LogP contribution >= 0.6 is 23.2 Å². The highest BCUT2D eigenvalue weighted by atomic mass is 35.5. The molecule has 2 N–H and O–H groups in total. The van der Waals surface area contributed by atoms with Crippen molar-refractivity contribution in [2.24, 2.45) is 0 Å². The van der Waals surface area contributed by atoms with E-state index in [1.165, 1.54) is 6.07 Å². The predicted octanol–water partition coefficient (Wildman–Crippen LogP) is 5.30. The number of carbonyl (C=O) groups excluding carboxylic acids is 1. The Hall–Kier alpha value is -2.33. The molecule has 1 amide bonds. The smallest absolute Gasteiger partial charge is 0.251 e. The van der Waals surface area contributed by atoms with Gasteiger partial charge < -0.3 is 10.4 Å². The molecule has 0 bridgehead atoms. The number of aliphatic hydroxyl groups is 1. The fourth-order valence-electron chi connectivity index (χ4n) is 2.75. The van der Waals surface area contributed by atoms with E-state index in [2.05, 4.69) is 5.32 Å². The van der Waals surface area contributed by atoms with Gasteiger partial charge in [0, 0.05) is 5.56 Å². The van der Waals surface area contributed by atoms with Gasteiger partial charge in [0.2, 0.25) is 0 Å². The van der Waals surface area contributed by atoms with Crippen molar-refractivity contribution in [1.29, 1.82) is 0 Å². The molecule has 0 saturated heterocycles. The molecule has 0 spiro atoms. The van der Waals surface area contributed by atoms with Gasteiger partial charge in [-0.05, 0) is 41.8 Å². The maximum absolute atomic E-state index is 12.3. The third-order valence-electron chi connectivity index (χ3n) is 4.39. The Kier molecular flexibility index (Phi) is 5.85. The van der Waals surface area contributed by atoms with Crippen LogP contribution in [0.5, 0.6) is 0 Å². The van der Waals surface area contributed by atoms with Crippen LogP contribution in [-0.2, 0) is 5.60 Å². The van der Waals surface area contributed by atoms with E-state index in [1.54, 1.807) is 19.1 Å². The Morgan fingerprint density at radius 3 is 2.19 bits per heavy atom. The van der Waals surface area contributed by atoms with Crippen LogP contribution in [0.15, 0.2) is 72.8 Å². The molecule has 0 aliphatic carbocycles. The van der Waals surface area contributed by atoms with Crippen molar-refractivity contribution in [1.82, 2.24) is 5.32 Å². The average Bonchev–Trinajstić information content (AvgIpc) is 2.69. The first-order valence-electron chi connectivity index (χ1n) is 8.48. The summed E-state index contributed by atoms with van der Waals surface area (Å²) in [5, 5.41) is 14.2. The molecule has 3 aromatic rings. The Morgan fingerprint density at radius 1 is 0.926 bits per heavy atom. The van der Waals surface area contributed by atoms with Gasteiger partial charge in [0.25, 0.3) is 5.91 Å². The fraction of sp³-hybridized carbons (Fsp3) is 0.136. The zero-order chi connectivity index (χ0) is 19.4. The molecule has 0 radical (unpaired) electrons. The van der Waals surface area contributed by atoms with Gasteiger partial charge in [-0.2, -0.15) is 0 Å². The minimum Gasteiger partial charge on any atom is -0.384 e. The van der Waals surface area contributed by atoms with Crippen molar-refractivity contribution >= 4 is 29.1 Å². The van der Waals surface area contributed by atoms with E-state index in [4.69, 9.17) is 23.2 Å². The monoisotopic (exact) mass is 399 g/mol. The largest absolute Gasteiger partial charge is 0.384 e. The summed E-state index contributed by atoms with van der Waals surface area (Å²) in [6.07, 6.45) is 0. The van der Waals surface area contributed by atoms with Gasteiger partial charge in [0.05, 0.1) is 16.6 Å². The van der Waals surface area contributed by atoms with E-state index in [0.29, 0.717) is 15.6 Å². The lowest BCUT2D eigenvalue weighted by Crippen LogP contribution is -2.38. The normalized spacial score (nSPS) is 13.0. The van der Waals surface area contributed by atoms with E-state index in [-0.39, 0.29) is 12.5 Å². The fourth-order valence-corrected chi connectivity index (χ4v) is 3.04. The van der Waals surface area contributed by atoms with Gasteiger partial charge in [-0.25, -0.2) is 0 Å². The van der Waals surface area contributed by atoms with Crippen LogP contribution in [0.2, 0.25) is 10.0 Å². The molecule has 0 aromatic heterocycles. The van der Waals surface area contributed by atoms with Crippen LogP contribution in [0.25, 0.3) is 11.1 Å². The first-order chi connectivity index (χ1) is 12.9. The van der Waals surface area contributed by atoms with Gasteiger partial charge in [0.1, 0.15) is 5.60 Å². The second-order valence-corrected chi connectivity index (χ2v) is 7.34. The van der Waals surface area contributed by atoms with Gasteiger partial charge >= 0.3 is 0 Å². The topological polar surface area (TPSA) is 49.3 Å². The maximum Gasteiger partial charge on any atom is 0.251 e. The van der Waals surface area contributed by atoms with Crippen LogP contribution in [-0.4, -0.2) is 17.6 Å². The van der Waals surface area contributed by atoms with Gasteiger partial charge in [-0.15, -0.1) is 0 Å². The first kappa shape index (κ1) is 19.4. The molecule has 3 rings (SSSR count). The quantitative estimate of drug-likeness (QED) is 0.611. The highest BCUT2D eigenvalue weighted by Gasteiger charge is 2.24. The van der Waals surface area contributed by atoms with E-state index in [1.807, 2.05) is 54.6 Å². The lowest BCUT2D eigenvalue weighted by atomic mass is 9.93. The lowest BCUT2D eigenvalue weighted by Gasteiger charge is -2.24. The third-order valence-corrected chi connectivity index (χ3v) is 5.13. The minimum absolute atomic E-state index is 0.0662. The van der Waals surface area contributed by atoms with Crippen LogP contribution in [0.3, 0.4) is 0 Å². The van der Waals surface area contributed by atoms with Crippen LogP contribution in [0.4, 0.5) is 0 Å². The van der Waals surface area contributed by atoms with Crippen LogP contribution in [0, 0.1) is 0 Å². The molecule has 138 valence electrons. The predicted molar refractivity (Wildman–Crippen MR) is 110 cm³/mol. The summed E-state index contributed by atoms with van der Waals surface area (Å²) in [6.45, 7) is 1.73. The number of hydrogen-bond donors (Lipinski definition) is 2. The molecule has 0 aliphatic rings. The molecule has 27 heavy (non-hydrogen) atoms. The molecule has 0 saturated carbocycles. The second kappa shape index (κ2) is 8.13. The molecule has 0 aliphatic heterocycles. The van der Waals surface area contributed by atoms with Crippen molar-refractivity contribution in [2.45, 2.75) is 12.5 Å². The Morgan fingerprint density at radius 2 is 1.56 bits per heavy atom. The summed E-state index contributed by atoms with van der Waals surface area (Å²) in [6, 6.07) is 22.3. The van der Waals surface area contributed by atoms with Gasteiger partial charge in [0.15, 0.2) is 0 Å². The molecule has 0 fully saturated rings. The van der Waals surface area contributed by atoms with Crippen LogP contribution in [0.1, 0.15) is 22.8 Å². The van der Waals surface area contributed by atoms with E-state index >= 15 is 0 Å². The van der Waals surface area contributed by atoms with Crippen molar-refractivity contribution in [3.05, 3.63) is 94.0 Å². The summed E-state index contributed by atoms with van der Waals surface area (Å²) >= 11 is 11.8. The van der Waals surface area contributed by atoms with Gasteiger partial charge in [-0.3, -0.25) is 4.79 Å². The third kappa shape index (κ3) is 4.69. The van der Waals surface area contributed by atoms with E-state index < -0.39 is 5.60 Å². The molecule has 3 aromatic carbocycles. The van der Waals surface area contributed by atoms with Crippen molar-refractivity contribution < 1.29 is 9.90 Å². The Labute approximate surface area is 168 Å². The van der Waals surface area contributed by atoms with Crippen LogP contribution < -0.4 is 5.32 Å². The molecule has 5 heteroatoms. The molecule has 3 nitrogen and oxygen atoms in total. The number of amides is 1. The Bertz CT molecular complexity index is 938. The second-order valence-electron chi connectivity index (χ2n) is 6.53. The van der Waals surface area contributed by atoms with Crippen molar-refractivity contribution in [2.75, 3.05) is 6.54 Å². The maximum atomic E-state index is 12.3. The number of rotatable bonds is 5.